The molecule has 0 bridgehead atoms. The maximum absolute atomic E-state index is 13.2. The summed E-state index contributed by atoms with van der Waals surface area (Å²) in [5.74, 6) is 0.923. The number of ketones is 1. The van der Waals surface area contributed by atoms with Crippen LogP contribution < -0.4 is 10.5 Å². The van der Waals surface area contributed by atoms with Crippen molar-refractivity contribution in [3.8, 4) is 11.8 Å². The summed E-state index contributed by atoms with van der Waals surface area (Å²) < 4.78 is 11.3. The van der Waals surface area contributed by atoms with Crippen LogP contribution in [0.2, 0.25) is 0 Å². The second-order valence-electron chi connectivity index (χ2n) is 7.20. The molecular weight excluding hydrogens is 364 g/mol. The van der Waals surface area contributed by atoms with Crippen molar-refractivity contribution in [1.82, 2.24) is 0 Å². The summed E-state index contributed by atoms with van der Waals surface area (Å²) in [6, 6.07) is 19.5. The normalized spacial score (nSPS) is 21.3. The Hall–Kier alpha value is -3.52. The number of allylic oxidation sites excluding steroid dienone is 3. The Morgan fingerprint density at radius 1 is 1.10 bits per heavy atom. The molecule has 0 saturated carbocycles. The van der Waals surface area contributed by atoms with Gasteiger partial charge in [0.25, 0.3) is 0 Å². The van der Waals surface area contributed by atoms with E-state index in [1.807, 2.05) is 61.5 Å². The molecule has 0 fully saturated rings. The lowest BCUT2D eigenvalue weighted by Gasteiger charge is -2.34. The highest BCUT2D eigenvalue weighted by Crippen LogP contribution is 2.46. The van der Waals surface area contributed by atoms with Crippen molar-refractivity contribution >= 4 is 5.78 Å². The third kappa shape index (κ3) is 3.50. The van der Waals surface area contributed by atoms with Gasteiger partial charge in [0.2, 0.25) is 5.88 Å². The molecule has 2 N–H and O–H groups in total. The van der Waals surface area contributed by atoms with Gasteiger partial charge in [-0.15, -0.1) is 0 Å². The van der Waals surface area contributed by atoms with E-state index in [1.165, 1.54) is 0 Å². The SMILES string of the molecule is CCOc1ccc(C2C(C#N)=C(N)OC3=C2C(=O)CC(c2ccccc2)C3)cc1. The maximum Gasteiger partial charge on any atom is 0.205 e. The summed E-state index contributed by atoms with van der Waals surface area (Å²) in [5.41, 5.74) is 8.85. The van der Waals surface area contributed by atoms with Crippen molar-refractivity contribution in [1.29, 1.82) is 5.26 Å². The van der Waals surface area contributed by atoms with Crippen LogP contribution in [0.5, 0.6) is 5.75 Å². The second kappa shape index (κ2) is 7.84. The van der Waals surface area contributed by atoms with Gasteiger partial charge in [0.15, 0.2) is 5.78 Å². The predicted molar refractivity (Wildman–Crippen MR) is 109 cm³/mol. The summed E-state index contributed by atoms with van der Waals surface area (Å²) in [6.45, 7) is 2.49. The average molecular weight is 386 g/mol. The first-order chi connectivity index (χ1) is 14.1. The number of ether oxygens (including phenoxy) is 2. The van der Waals surface area contributed by atoms with Crippen molar-refractivity contribution in [2.45, 2.75) is 31.6 Å². The minimum atomic E-state index is -0.511. The second-order valence-corrected chi connectivity index (χ2v) is 7.20. The van der Waals surface area contributed by atoms with Gasteiger partial charge in [0.1, 0.15) is 23.2 Å². The highest BCUT2D eigenvalue weighted by Gasteiger charge is 2.40. The van der Waals surface area contributed by atoms with Crippen LogP contribution in [0.1, 0.15) is 42.7 Å². The average Bonchev–Trinajstić information content (AvgIpc) is 2.74. The summed E-state index contributed by atoms with van der Waals surface area (Å²) >= 11 is 0. The first-order valence-electron chi connectivity index (χ1n) is 9.73. The molecule has 1 heterocycles. The van der Waals surface area contributed by atoms with Crippen molar-refractivity contribution in [3.05, 3.63) is 88.5 Å². The lowest BCUT2D eigenvalue weighted by molar-refractivity contribution is -0.117. The first-order valence-corrected chi connectivity index (χ1v) is 9.73. The molecule has 0 amide bonds. The molecule has 0 radical (unpaired) electrons. The van der Waals surface area contributed by atoms with Crippen LogP contribution in [0.4, 0.5) is 0 Å². The topological polar surface area (TPSA) is 85.3 Å². The van der Waals surface area contributed by atoms with Crippen LogP contribution in [-0.4, -0.2) is 12.4 Å². The monoisotopic (exact) mass is 386 g/mol. The van der Waals surface area contributed by atoms with E-state index in [0.717, 1.165) is 16.9 Å². The number of rotatable bonds is 4. The Balaban J connectivity index is 1.74. The fourth-order valence-electron chi connectivity index (χ4n) is 4.13. The van der Waals surface area contributed by atoms with Gasteiger partial charge in [0, 0.05) is 18.4 Å². The van der Waals surface area contributed by atoms with Crippen molar-refractivity contribution in [3.63, 3.8) is 0 Å². The molecule has 5 nitrogen and oxygen atoms in total. The Labute approximate surface area is 170 Å². The molecule has 1 aliphatic carbocycles. The Morgan fingerprint density at radius 2 is 1.83 bits per heavy atom. The molecule has 29 heavy (non-hydrogen) atoms. The predicted octanol–water partition coefficient (Wildman–Crippen LogP) is 4.29. The molecule has 4 rings (SSSR count). The Bertz CT molecular complexity index is 1030. The highest BCUT2D eigenvalue weighted by molar-refractivity contribution is 6.00. The smallest absolute Gasteiger partial charge is 0.205 e. The molecule has 1 aliphatic heterocycles. The number of hydrogen-bond acceptors (Lipinski definition) is 5. The molecule has 2 aromatic rings. The quantitative estimate of drug-likeness (QED) is 0.847. The van der Waals surface area contributed by atoms with Crippen LogP contribution in [-0.2, 0) is 9.53 Å². The zero-order valence-corrected chi connectivity index (χ0v) is 16.2. The number of carbonyl (C=O) groups is 1. The maximum atomic E-state index is 13.2. The Kier molecular flexibility index (Phi) is 5.09. The molecule has 0 saturated heterocycles. The van der Waals surface area contributed by atoms with Crippen LogP contribution >= 0.6 is 0 Å². The Morgan fingerprint density at radius 3 is 2.48 bits per heavy atom. The van der Waals surface area contributed by atoms with Crippen LogP contribution in [0.15, 0.2) is 77.4 Å². The molecule has 2 atom stereocenters. The lowest BCUT2D eigenvalue weighted by atomic mass is 9.73. The first kappa shape index (κ1) is 18.8. The number of benzene rings is 2. The van der Waals surface area contributed by atoms with Gasteiger partial charge in [-0.05, 0) is 36.1 Å². The van der Waals surface area contributed by atoms with Gasteiger partial charge in [-0.2, -0.15) is 5.26 Å². The van der Waals surface area contributed by atoms with E-state index < -0.39 is 5.92 Å². The van der Waals surface area contributed by atoms with E-state index in [0.29, 0.717) is 30.8 Å². The van der Waals surface area contributed by atoms with Gasteiger partial charge >= 0.3 is 0 Å². The van der Waals surface area contributed by atoms with E-state index >= 15 is 0 Å². The lowest BCUT2D eigenvalue weighted by Crippen LogP contribution is -2.29. The molecule has 2 aromatic carbocycles. The van der Waals surface area contributed by atoms with E-state index in [2.05, 4.69) is 6.07 Å². The number of nitrogens with two attached hydrogens (primary N) is 1. The van der Waals surface area contributed by atoms with E-state index in [9.17, 15) is 10.1 Å². The number of nitriles is 1. The van der Waals surface area contributed by atoms with Gasteiger partial charge in [-0.1, -0.05) is 42.5 Å². The van der Waals surface area contributed by atoms with Crippen molar-refractivity contribution in [2.24, 2.45) is 5.73 Å². The minimum Gasteiger partial charge on any atom is -0.494 e. The van der Waals surface area contributed by atoms with E-state index in [1.54, 1.807) is 0 Å². The van der Waals surface area contributed by atoms with E-state index in [4.69, 9.17) is 15.2 Å². The highest BCUT2D eigenvalue weighted by atomic mass is 16.5. The minimum absolute atomic E-state index is 0.000706. The molecule has 0 spiro atoms. The third-order valence-electron chi connectivity index (χ3n) is 5.46. The van der Waals surface area contributed by atoms with Crippen molar-refractivity contribution in [2.75, 3.05) is 6.61 Å². The van der Waals surface area contributed by atoms with Crippen LogP contribution in [0.25, 0.3) is 0 Å². The van der Waals surface area contributed by atoms with Crippen LogP contribution in [0.3, 0.4) is 0 Å². The standard InChI is InChI=1S/C24H22N2O3/c1-2-28-18-10-8-16(9-11-18)22-19(14-25)24(26)29-21-13-17(12-20(27)23(21)22)15-6-4-3-5-7-15/h3-11,17,22H,2,12-13,26H2,1H3. The van der Waals surface area contributed by atoms with Crippen molar-refractivity contribution < 1.29 is 14.3 Å². The van der Waals surface area contributed by atoms with Gasteiger partial charge in [0.05, 0.1) is 12.5 Å². The zero-order valence-electron chi connectivity index (χ0n) is 16.2. The molecule has 2 aliphatic rings. The summed E-state index contributed by atoms with van der Waals surface area (Å²) in [5, 5.41) is 9.71. The largest absolute Gasteiger partial charge is 0.494 e. The third-order valence-corrected chi connectivity index (χ3v) is 5.46. The number of nitrogens with zero attached hydrogens (tertiary/aromatic N) is 1. The molecule has 0 aromatic heterocycles. The van der Waals surface area contributed by atoms with Crippen LogP contribution in [0, 0.1) is 11.3 Å². The fraction of sp³-hybridized carbons (Fsp3) is 0.250. The molecule has 146 valence electrons. The zero-order chi connectivity index (χ0) is 20.4. The van der Waals surface area contributed by atoms with Gasteiger partial charge in [-0.3, -0.25) is 4.79 Å². The molecule has 2 unspecified atom stereocenters. The summed E-state index contributed by atoms with van der Waals surface area (Å²) in [6.07, 6.45) is 0.969. The molecular formula is C24H22N2O3. The number of hydrogen-bond donors (Lipinski definition) is 1. The van der Waals surface area contributed by atoms with Gasteiger partial charge < -0.3 is 15.2 Å². The van der Waals surface area contributed by atoms with Gasteiger partial charge in [-0.25, -0.2) is 0 Å². The fourth-order valence-corrected chi connectivity index (χ4v) is 4.13. The summed E-state index contributed by atoms with van der Waals surface area (Å²) in [7, 11) is 0. The summed E-state index contributed by atoms with van der Waals surface area (Å²) in [4.78, 5) is 13.2. The number of Topliss-reactive ketones (excluding diaryl/α,β-unsaturated/α-hetero) is 1. The molecule has 5 heteroatoms. The number of carbonyl (C=O) groups excluding carboxylic acids is 1. The van der Waals surface area contributed by atoms with E-state index in [-0.39, 0.29) is 23.2 Å².